The molecular formula is C24H30O2. The van der Waals surface area contributed by atoms with Crippen LogP contribution in [0.25, 0.3) is 6.08 Å². The molecule has 26 heavy (non-hydrogen) atoms. The van der Waals surface area contributed by atoms with Crippen molar-refractivity contribution in [1.82, 2.24) is 0 Å². The fraction of sp³-hybridized carbons (Fsp3) is 0.458. The second-order valence-corrected chi connectivity index (χ2v) is 9.07. The van der Waals surface area contributed by atoms with Gasteiger partial charge in [0.15, 0.2) is 0 Å². The van der Waals surface area contributed by atoms with Crippen LogP contribution >= 0.6 is 0 Å². The van der Waals surface area contributed by atoms with Gasteiger partial charge in [0.05, 0.1) is 5.56 Å². The quantitative estimate of drug-likeness (QED) is 0.644. The highest BCUT2D eigenvalue weighted by atomic mass is 16.4. The molecule has 0 saturated carbocycles. The van der Waals surface area contributed by atoms with Crippen molar-refractivity contribution in [1.29, 1.82) is 0 Å². The molecule has 0 fully saturated rings. The zero-order chi connectivity index (χ0) is 19.1. The summed E-state index contributed by atoms with van der Waals surface area (Å²) in [5.41, 5.74) is 4.94. The third-order valence-corrected chi connectivity index (χ3v) is 6.23. The van der Waals surface area contributed by atoms with Crippen LogP contribution in [0.4, 0.5) is 0 Å². The van der Waals surface area contributed by atoms with Crippen molar-refractivity contribution in [3.8, 4) is 0 Å². The van der Waals surface area contributed by atoms with Gasteiger partial charge < -0.3 is 5.11 Å². The van der Waals surface area contributed by atoms with Crippen molar-refractivity contribution in [2.24, 2.45) is 22.7 Å². The van der Waals surface area contributed by atoms with Crippen molar-refractivity contribution in [3.05, 3.63) is 64.8 Å². The molecule has 2 unspecified atom stereocenters. The minimum absolute atomic E-state index is 0.139. The highest BCUT2D eigenvalue weighted by Crippen LogP contribution is 2.52. The molecule has 1 aromatic carbocycles. The Morgan fingerprint density at radius 1 is 1.00 bits per heavy atom. The highest BCUT2D eigenvalue weighted by Gasteiger charge is 2.39. The molecule has 3 rings (SSSR count). The topological polar surface area (TPSA) is 37.3 Å². The Morgan fingerprint density at radius 2 is 1.54 bits per heavy atom. The van der Waals surface area contributed by atoms with Gasteiger partial charge >= 0.3 is 5.97 Å². The van der Waals surface area contributed by atoms with Crippen LogP contribution < -0.4 is 0 Å². The Hall–Kier alpha value is -2.09. The molecule has 0 radical (unpaired) electrons. The summed E-state index contributed by atoms with van der Waals surface area (Å²) in [6.45, 7) is 11.7. The molecule has 0 amide bonds. The van der Waals surface area contributed by atoms with Crippen LogP contribution in [0.3, 0.4) is 0 Å². The van der Waals surface area contributed by atoms with Crippen LogP contribution in [0.2, 0.25) is 0 Å². The first-order valence-electron chi connectivity index (χ1n) is 9.55. The smallest absolute Gasteiger partial charge is 0.335 e. The van der Waals surface area contributed by atoms with Crippen molar-refractivity contribution >= 4 is 12.0 Å². The number of allylic oxidation sites excluding steroid dienone is 5. The van der Waals surface area contributed by atoms with Crippen LogP contribution in [0.5, 0.6) is 0 Å². The van der Waals surface area contributed by atoms with Gasteiger partial charge in [-0.15, -0.1) is 0 Å². The number of hydrogen-bond donors (Lipinski definition) is 1. The van der Waals surface area contributed by atoms with Crippen molar-refractivity contribution in [3.63, 3.8) is 0 Å². The summed E-state index contributed by atoms with van der Waals surface area (Å²) in [5, 5.41) is 9.02. The predicted octanol–water partition coefficient (Wildman–Crippen LogP) is 6.36. The molecule has 2 aliphatic rings. The summed E-state index contributed by atoms with van der Waals surface area (Å²) < 4.78 is 0. The van der Waals surface area contributed by atoms with Crippen LogP contribution in [0.15, 0.2) is 53.6 Å². The SMILES string of the molecule is CC1CC2=C(CC1C=Cc1ccc(C(=O)O)cc1)C(C)(C)C=CC2(C)C. The third-order valence-electron chi connectivity index (χ3n) is 6.23. The Balaban J connectivity index is 1.82. The number of rotatable bonds is 3. The fourth-order valence-electron chi connectivity index (χ4n) is 4.31. The zero-order valence-electron chi connectivity index (χ0n) is 16.5. The van der Waals surface area contributed by atoms with Gasteiger partial charge in [0.2, 0.25) is 0 Å². The first kappa shape index (κ1) is 18.7. The van der Waals surface area contributed by atoms with Gasteiger partial charge in [0.1, 0.15) is 0 Å². The van der Waals surface area contributed by atoms with Crippen molar-refractivity contribution in [2.75, 3.05) is 0 Å². The lowest BCUT2D eigenvalue weighted by Gasteiger charge is -2.45. The Morgan fingerprint density at radius 3 is 2.08 bits per heavy atom. The van der Waals surface area contributed by atoms with E-state index in [2.05, 4.69) is 58.9 Å². The summed E-state index contributed by atoms with van der Waals surface area (Å²) in [6, 6.07) is 7.11. The normalized spacial score (nSPS) is 26.8. The summed E-state index contributed by atoms with van der Waals surface area (Å²) in [4.78, 5) is 11.0. The molecule has 1 aromatic rings. The number of carbonyl (C=O) groups is 1. The van der Waals surface area contributed by atoms with E-state index < -0.39 is 5.97 Å². The molecule has 2 atom stereocenters. The van der Waals surface area contributed by atoms with Crippen molar-refractivity contribution in [2.45, 2.75) is 47.5 Å². The number of carboxylic acid groups (broad SMARTS) is 1. The summed E-state index contributed by atoms with van der Waals surface area (Å²) in [5.74, 6) is 0.260. The molecule has 2 aliphatic carbocycles. The molecule has 2 nitrogen and oxygen atoms in total. The average molecular weight is 351 g/mol. The van der Waals surface area contributed by atoms with E-state index in [1.807, 2.05) is 12.1 Å². The lowest BCUT2D eigenvalue weighted by molar-refractivity contribution is 0.0697. The van der Waals surface area contributed by atoms with Gasteiger partial charge in [-0.1, -0.05) is 82.2 Å². The Bertz CT molecular complexity index is 788. The zero-order valence-corrected chi connectivity index (χ0v) is 16.5. The van der Waals surface area contributed by atoms with Gasteiger partial charge in [-0.3, -0.25) is 0 Å². The van der Waals surface area contributed by atoms with E-state index in [-0.39, 0.29) is 10.8 Å². The molecule has 1 N–H and O–H groups in total. The molecule has 2 heteroatoms. The molecule has 0 aromatic heterocycles. The monoisotopic (exact) mass is 350 g/mol. The fourth-order valence-corrected chi connectivity index (χ4v) is 4.31. The first-order chi connectivity index (χ1) is 12.1. The number of carboxylic acids is 1. The molecule has 138 valence electrons. The maximum absolute atomic E-state index is 11.0. The second kappa shape index (κ2) is 6.57. The highest BCUT2D eigenvalue weighted by molar-refractivity contribution is 5.87. The number of aromatic carboxylic acids is 1. The van der Waals surface area contributed by atoms with Gasteiger partial charge in [0, 0.05) is 10.8 Å². The van der Waals surface area contributed by atoms with Crippen LogP contribution in [-0.4, -0.2) is 11.1 Å². The van der Waals surface area contributed by atoms with Gasteiger partial charge in [0.25, 0.3) is 0 Å². The lowest BCUT2D eigenvalue weighted by atomic mass is 9.59. The molecule has 0 heterocycles. The minimum atomic E-state index is -0.879. The number of benzene rings is 1. The molecule has 0 bridgehead atoms. The summed E-state index contributed by atoms with van der Waals surface area (Å²) in [7, 11) is 0. The van der Waals surface area contributed by atoms with E-state index in [0.29, 0.717) is 17.4 Å². The molecule has 0 spiro atoms. The minimum Gasteiger partial charge on any atom is -0.478 e. The molecule has 0 saturated heterocycles. The molecular weight excluding hydrogens is 320 g/mol. The largest absolute Gasteiger partial charge is 0.478 e. The van der Waals surface area contributed by atoms with E-state index in [0.717, 1.165) is 18.4 Å². The van der Waals surface area contributed by atoms with Crippen LogP contribution in [0, 0.1) is 22.7 Å². The van der Waals surface area contributed by atoms with E-state index in [9.17, 15) is 4.79 Å². The lowest BCUT2D eigenvalue weighted by Crippen LogP contribution is -2.33. The first-order valence-corrected chi connectivity index (χ1v) is 9.55. The second-order valence-electron chi connectivity index (χ2n) is 9.07. The maximum Gasteiger partial charge on any atom is 0.335 e. The van der Waals surface area contributed by atoms with Crippen molar-refractivity contribution < 1.29 is 9.90 Å². The van der Waals surface area contributed by atoms with E-state index in [1.54, 1.807) is 23.3 Å². The maximum atomic E-state index is 11.0. The van der Waals surface area contributed by atoms with Crippen LogP contribution in [0.1, 0.15) is 63.4 Å². The Kier molecular flexibility index (Phi) is 4.72. The van der Waals surface area contributed by atoms with Gasteiger partial charge in [-0.05, 0) is 42.4 Å². The van der Waals surface area contributed by atoms with Crippen LogP contribution in [-0.2, 0) is 0 Å². The van der Waals surface area contributed by atoms with E-state index >= 15 is 0 Å². The Labute approximate surface area is 157 Å². The predicted molar refractivity (Wildman–Crippen MR) is 108 cm³/mol. The van der Waals surface area contributed by atoms with E-state index in [4.69, 9.17) is 5.11 Å². The summed E-state index contributed by atoms with van der Waals surface area (Å²) >= 11 is 0. The summed E-state index contributed by atoms with van der Waals surface area (Å²) in [6.07, 6.45) is 11.5. The number of hydrogen-bond acceptors (Lipinski definition) is 1. The third kappa shape index (κ3) is 3.56. The standard InChI is InChI=1S/C24H30O2/c1-16-14-20-21(24(4,5)13-12-23(20,2)3)15-19(16)11-8-17-6-9-18(10-7-17)22(25)26/h6-13,16,19H,14-15H2,1-5H3,(H,25,26). The van der Waals surface area contributed by atoms with E-state index in [1.165, 1.54) is 0 Å². The van der Waals surface area contributed by atoms with Gasteiger partial charge in [-0.2, -0.15) is 0 Å². The van der Waals surface area contributed by atoms with Gasteiger partial charge in [-0.25, -0.2) is 4.79 Å². The molecule has 0 aliphatic heterocycles. The average Bonchev–Trinajstić information content (AvgIpc) is 2.58.